The van der Waals surface area contributed by atoms with Crippen LogP contribution in [0.5, 0.6) is 0 Å². The Morgan fingerprint density at radius 1 is 1.31 bits per heavy atom. The summed E-state index contributed by atoms with van der Waals surface area (Å²) in [7, 11) is 0. The Bertz CT molecular complexity index is 367. The minimum atomic E-state index is 0.0376. The molecule has 0 aromatic heterocycles. The SMILES string of the molecule is Cc1ccc(C2=NC(=O)C[Se]2)cc1. The average molecular weight is 238 g/mol. The van der Waals surface area contributed by atoms with Gasteiger partial charge in [-0.3, -0.25) is 0 Å². The van der Waals surface area contributed by atoms with Crippen molar-refractivity contribution in [2.24, 2.45) is 4.99 Å². The molecule has 1 aromatic carbocycles. The van der Waals surface area contributed by atoms with E-state index in [1.165, 1.54) is 5.56 Å². The van der Waals surface area contributed by atoms with Crippen molar-refractivity contribution < 1.29 is 4.79 Å². The summed E-state index contributed by atoms with van der Waals surface area (Å²) < 4.78 is 0.998. The molecule has 2 rings (SSSR count). The van der Waals surface area contributed by atoms with E-state index in [2.05, 4.69) is 24.0 Å². The molecule has 0 aliphatic carbocycles. The van der Waals surface area contributed by atoms with Crippen molar-refractivity contribution in [1.82, 2.24) is 0 Å². The molecule has 0 unspecified atom stereocenters. The molecule has 0 spiro atoms. The number of carbonyl (C=O) groups is 1. The van der Waals surface area contributed by atoms with E-state index in [0.29, 0.717) is 5.32 Å². The molecule has 0 fully saturated rings. The first-order valence-corrected chi connectivity index (χ1v) is 6.14. The molecule has 3 heteroatoms. The zero-order chi connectivity index (χ0) is 9.26. The van der Waals surface area contributed by atoms with Crippen molar-refractivity contribution in [3.8, 4) is 0 Å². The third-order valence-electron chi connectivity index (χ3n) is 1.86. The topological polar surface area (TPSA) is 29.4 Å². The summed E-state index contributed by atoms with van der Waals surface area (Å²) in [5, 5.41) is 0.635. The van der Waals surface area contributed by atoms with Crippen LogP contribution in [0.1, 0.15) is 11.1 Å². The summed E-state index contributed by atoms with van der Waals surface area (Å²) in [4.78, 5) is 14.9. The normalized spacial score (nSPS) is 16.1. The molecule has 1 heterocycles. The van der Waals surface area contributed by atoms with E-state index in [9.17, 15) is 4.79 Å². The second kappa shape index (κ2) is 3.44. The van der Waals surface area contributed by atoms with Gasteiger partial charge in [0.15, 0.2) is 0 Å². The number of nitrogens with zero attached hydrogens (tertiary/aromatic N) is 1. The molecule has 0 saturated heterocycles. The molecule has 0 radical (unpaired) electrons. The molecule has 2 nitrogen and oxygen atoms in total. The quantitative estimate of drug-likeness (QED) is 0.680. The number of aliphatic imine (C=N–C) groups is 1. The van der Waals surface area contributed by atoms with E-state index in [4.69, 9.17) is 0 Å². The van der Waals surface area contributed by atoms with Crippen LogP contribution in [-0.2, 0) is 4.79 Å². The Labute approximate surface area is 83.2 Å². The Hall–Kier alpha value is -0.921. The van der Waals surface area contributed by atoms with E-state index in [1.54, 1.807) is 0 Å². The van der Waals surface area contributed by atoms with Crippen LogP contribution in [0.15, 0.2) is 29.3 Å². The fourth-order valence-corrected chi connectivity index (χ4v) is 2.82. The molecule has 1 aromatic rings. The Morgan fingerprint density at radius 2 is 2.00 bits per heavy atom. The van der Waals surface area contributed by atoms with Gasteiger partial charge in [-0.05, 0) is 0 Å². The molecule has 0 atom stereocenters. The van der Waals surface area contributed by atoms with Crippen LogP contribution in [0.3, 0.4) is 0 Å². The molecule has 1 aliphatic rings. The minimum absolute atomic E-state index is 0.0376. The first-order valence-electron chi connectivity index (χ1n) is 4.07. The molecule has 0 N–H and O–H groups in total. The van der Waals surface area contributed by atoms with Crippen LogP contribution >= 0.6 is 0 Å². The van der Waals surface area contributed by atoms with Crippen molar-refractivity contribution in [3.63, 3.8) is 0 Å². The molecule has 1 aliphatic heterocycles. The number of carbonyl (C=O) groups excluding carboxylic acids is 1. The second-order valence-corrected chi connectivity index (χ2v) is 4.99. The molecular weight excluding hydrogens is 229 g/mol. The van der Waals surface area contributed by atoms with Gasteiger partial charge >= 0.3 is 82.9 Å². The van der Waals surface area contributed by atoms with Crippen molar-refractivity contribution in [1.29, 1.82) is 0 Å². The van der Waals surface area contributed by atoms with Crippen molar-refractivity contribution in [2.45, 2.75) is 12.2 Å². The van der Waals surface area contributed by atoms with Crippen LogP contribution in [0, 0.1) is 6.92 Å². The molecule has 66 valence electrons. The second-order valence-electron chi connectivity index (χ2n) is 2.97. The number of hydrogen-bond donors (Lipinski definition) is 0. The van der Waals surface area contributed by atoms with Gasteiger partial charge in [0.25, 0.3) is 0 Å². The summed E-state index contributed by atoms with van der Waals surface area (Å²) in [6.45, 7) is 2.05. The molecular formula is C10H9NOSe. The first-order chi connectivity index (χ1) is 6.25. The van der Waals surface area contributed by atoms with Gasteiger partial charge in [0, 0.05) is 0 Å². The van der Waals surface area contributed by atoms with Crippen LogP contribution in [0.4, 0.5) is 0 Å². The monoisotopic (exact) mass is 239 g/mol. The number of amides is 1. The molecule has 0 bridgehead atoms. The Balaban J connectivity index is 2.31. The van der Waals surface area contributed by atoms with Gasteiger partial charge in [0.1, 0.15) is 0 Å². The van der Waals surface area contributed by atoms with Crippen LogP contribution in [0.25, 0.3) is 0 Å². The third-order valence-corrected chi connectivity index (χ3v) is 3.94. The zero-order valence-corrected chi connectivity index (χ0v) is 8.99. The maximum absolute atomic E-state index is 10.9. The van der Waals surface area contributed by atoms with Crippen LogP contribution < -0.4 is 0 Å². The number of aryl methyl sites for hydroxylation is 1. The zero-order valence-electron chi connectivity index (χ0n) is 7.28. The van der Waals surface area contributed by atoms with Crippen molar-refractivity contribution in [2.75, 3.05) is 0 Å². The fourth-order valence-electron chi connectivity index (χ4n) is 1.15. The Kier molecular flexibility index (Phi) is 2.30. The van der Waals surface area contributed by atoms with Gasteiger partial charge in [-0.15, -0.1) is 0 Å². The predicted molar refractivity (Wildman–Crippen MR) is 53.3 cm³/mol. The summed E-state index contributed by atoms with van der Waals surface area (Å²) in [6, 6.07) is 8.18. The Morgan fingerprint density at radius 3 is 2.54 bits per heavy atom. The number of benzene rings is 1. The van der Waals surface area contributed by atoms with Gasteiger partial charge in [0.2, 0.25) is 0 Å². The average Bonchev–Trinajstić information content (AvgIpc) is 2.53. The van der Waals surface area contributed by atoms with E-state index < -0.39 is 0 Å². The van der Waals surface area contributed by atoms with Crippen LogP contribution in [-0.4, -0.2) is 25.5 Å². The van der Waals surface area contributed by atoms with Crippen molar-refractivity contribution >= 4 is 25.5 Å². The van der Waals surface area contributed by atoms with E-state index in [-0.39, 0.29) is 20.9 Å². The maximum atomic E-state index is 10.9. The number of hydrogen-bond acceptors (Lipinski definition) is 1. The van der Waals surface area contributed by atoms with Gasteiger partial charge in [-0.2, -0.15) is 0 Å². The molecule has 1 amide bonds. The van der Waals surface area contributed by atoms with Gasteiger partial charge in [-0.1, -0.05) is 0 Å². The van der Waals surface area contributed by atoms with E-state index in [1.807, 2.05) is 12.1 Å². The first kappa shape index (κ1) is 8.67. The van der Waals surface area contributed by atoms with Gasteiger partial charge in [0.05, 0.1) is 0 Å². The predicted octanol–water partition coefficient (Wildman–Crippen LogP) is 1.40. The fraction of sp³-hybridized carbons (Fsp3) is 0.200. The van der Waals surface area contributed by atoms with Gasteiger partial charge in [-0.25, -0.2) is 0 Å². The number of rotatable bonds is 1. The van der Waals surface area contributed by atoms with Crippen molar-refractivity contribution in [3.05, 3.63) is 35.4 Å². The summed E-state index contributed by atoms with van der Waals surface area (Å²) in [6.07, 6.45) is 0. The summed E-state index contributed by atoms with van der Waals surface area (Å²) in [5.74, 6) is 0.0376. The third kappa shape index (κ3) is 1.87. The van der Waals surface area contributed by atoms with Crippen LogP contribution in [0.2, 0.25) is 5.32 Å². The van der Waals surface area contributed by atoms with E-state index >= 15 is 0 Å². The van der Waals surface area contributed by atoms with E-state index in [0.717, 1.165) is 10.2 Å². The summed E-state index contributed by atoms with van der Waals surface area (Å²) >= 11 is 0.256. The molecule has 0 saturated carbocycles. The standard InChI is InChI=1S/C10H9NOSe/c1-7-2-4-8(5-3-7)10-11-9(12)6-13-10/h2-5H,6H2,1H3. The molecule has 13 heavy (non-hydrogen) atoms. The summed E-state index contributed by atoms with van der Waals surface area (Å²) in [5.41, 5.74) is 2.35. The van der Waals surface area contributed by atoms with Gasteiger partial charge < -0.3 is 0 Å².